The van der Waals surface area contributed by atoms with Crippen molar-refractivity contribution in [2.75, 3.05) is 26.2 Å². The predicted octanol–water partition coefficient (Wildman–Crippen LogP) is 0.959. The monoisotopic (exact) mass is 348 g/mol. The number of nitrogens with two attached hydrogens (primary N) is 1. The number of benzene rings is 1. The summed E-state index contributed by atoms with van der Waals surface area (Å²) in [7, 11) is 0. The van der Waals surface area contributed by atoms with E-state index in [1.807, 2.05) is 37.3 Å². The fourth-order valence-electron chi connectivity index (χ4n) is 2.45. The second-order valence-electron chi connectivity index (χ2n) is 6.10. The molecule has 0 fully saturated rings. The van der Waals surface area contributed by atoms with Gasteiger partial charge in [0.1, 0.15) is 6.04 Å². The van der Waals surface area contributed by atoms with Crippen molar-refractivity contribution in [1.82, 2.24) is 16.0 Å². The molecule has 0 aliphatic carbocycles. The fraction of sp³-hybridized carbons (Fsp3) is 0.579. The van der Waals surface area contributed by atoms with Gasteiger partial charge in [0.2, 0.25) is 11.8 Å². The van der Waals surface area contributed by atoms with Crippen LogP contribution in [-0.2, 0) is 16.0 Å². The van der Waals surface area contributed by atoms with Gasteiger partial charge in [-0.15, -0.1) is 0 Å². The highest BCUT2D eigenvalue weighted by Crippen LogP contribution is 2.04. The van der Waals surface area contributed by atoms with Crippen LogP contribution in [0.1, 0.15) is 38.2 Å². The predicted molar refractivity (Wildman–Crippen MR) is 101 cm³/mol. The highest BCUT2D eigenvalue weighted by molar-refractivity contribution is 5.87. The quantitative estimate of drug-likeness (QED) is 0.399. The Morgan fingerprint density at radius 2 is 1.80 bits per heavy atom. The summed E-state index contributed by atoms with van der Waals surface area (Å²) in [5, 5.41) is 9.05. The van der Waals surface area contributed by atoms with Crippen molar-refractivity contribution < 1.29 is 9.59 Å². The zero-order valence-electron chi connectivity index (χ0n) is 15.2. The van der Waals surface area contributed by atoms with E-state index in [1.54, 1.807) is 0 Å². The minimum atomic E-state index is -0.536. The van der Waals surface area contributed by atoms with Crippen molar-refractivity contribution >= 4 is 11.8 Å². The SMILES string of the molecule is CCCC(=O)NC(Cc1ccccc1)C(=O)NCCCNCCCN. The lowest BCUT2D eigenvalue weighted by molar-refractivity contribution is -0.129. The van der Waals surface area contributed by atoms with Crippen LogP contribution in [0.2, 0.25) is 0 Å². The molecule has 6 heteroatoms. The molecule has 0 heterocycles. The standard InChI is InChI=1S/C19H32N4O2/c1-2-8-18(24)23-17(15-16-9-4-3-5-10-16)19(25)22-14-7-13-21-12-6-11-20/h3-5,9-10,17,21H,2,6-8,11-15,20H2,1H3,(H,22,25)(H,23,24). The van der Waals surface area contributed by atoms with Crippen LogP contribution >= 0.6 is 0 Å². The Morgan fingerprint density at radius 1 is 1.08 bits per heavy atom. The third kappa shape index (κ3) is 9.84. The maximum Gasteiger partial charge on any atom is 0.242 e. The molecule has 0 aliphatic heterocycles. The number of hydrogen-bond donors (Lipinski definition) is 4. The van der Waals surface area contributed by atoms with Crippen LogP contribution in [0.3, 0.4) is 0 Å². The molecule has 6 nitrogen and oxygen atoms in total. The molecule has 1 unspecified atom stereocenters. The van der Waals surface area contributed by atoms with Gasteiger partial charge in [-0.3, -0.25) is 9.59 Å². The van der Waals surface area contributed by atoms with E-state index < -0.39 is 6.04 Å². The molecule has 0 radical (unpaired) electrons. The van der Waals surface area contributed by atoms with E-state index in [0.29, 0.717) is 25.9 Å². The van der Waals surface area contributed by atoms with Gasteiger partial charge in [-0.2, -0.15) is 0 Å². The van der Waals surface area contributed by atoms with E-state index in [-0.39, 0.29) is 11.8 Å². The molecule has 0 aromatic heterocycles. The van der Waals surface area contributed by atoms with Crippen LogP contribution in [-0.4, -0.2) is 44.0 Å². The molecule has 140 valence electrons. The summed E-state index contributed by atoms with van der Waals surface area (Å²) in [5.41, 5.74) is 6.47. The molecule has 1 aromatic carbocycles. The van der Waals surface area contributed by atoms with Crippen LogP contribution in [0.4, 0.5) is 0 Å². The zero-order valence-corrected chi connectivity index (χ0v) is 15.2. The number of carbonyl (C=O) groups is 2. The molecule has 5 N–H and O–H groups in total. The normalized spacial score (nSPS) is 11.8. The fourth-order valence-corrected chi connectivity index (χ4v) is 2.45. The van der Waals surface area contributed by atoms with Gasteiger partial charge in [-0.25, -0.2) is 0 Å². The second-order valence-corrected chi connectivity index (χ2v) is 6.10. The van der Waals surface area contributed by atoms with Gasteiger partial charge in [-0.1, -0.05) is 37.3 Å². The minimum Gasteiger partial charge on any atom is -0.354 e. The van der Waals surface area contributed by atoms with Crippen molar-refractivity contribution in [3.8, 4) is 0 Å². The van der Waals surface area contributed by atoms with E-state index in [2.05, 4.69) is 16.0 Å². The maximum absolute atomic E-state index is 12.5. The van der Waals surface area contributed by atoms with E-state index in [9.17, 15) is 9.59 Å². The molecule has 0 bridgehead atoms. The second kappa shape index (κ2) is 13.4. The Kier molecular flexibility index (Phi) is 11.3. The Labute approximate surface area is 150 Å². The van der Waals surface area contributed by atoms with Gasteiger partial charge in [0.25, 0.3) is 0 Å². The Morgan fingerprint density at radius 3 is 2.48 bits per heavy atom. The zero-order chi connectivity index (χ0) is 18.3. The van der Waals surface area contributed by atoms with Gasteiger partial charge < -0.3 is 21.7 Å². The topological polar surface area (TPSA) is 96.2 Å². The van der Waals surface area contributed by atoms with Gasteiger partial charge in [0.05, 0.1) is 0 Å². The molecule has 0 aliphatic rings. The van der Waals surface area contributed by atoms with Crippen LogP contribution in [0, 0.1) is 0 Å². The first-order valence-electron chi connectivity index (χ1n) is 9.19. The summed E-state index contributed by atoms with van der Waals surface area (Å²) < 4.78 is 0. The van der Waals surface area contributed by atoms with E-state index in [0.717, 1.165) is 37.9 Å². The number of carbonyl (C=O) groups excluding carboxylic acids is 2. The third-order valence-corrected chi connectivity index (χ3v) is 3.80. The van der Waals surface area contributed by atoms with Crippen molar-refractivity contribution in [1.29, 1.82) is 0 Å². The third-order valence-electron chi connectivity index (χ3n) is 3.80. The highest BCUT2D eigenvalue weighted by Gasteiger charge is 2.20. The summed E-state index contributed by atoms with van der Waals surface area (Å²) in [6.45, 7) is 4.95. The average molecular weight is 348 g/mol. The van der Waals surface area contributed by atoms with E-state index in [1.165, 1.54) is 0 Å². The van der Waals surface area contributed by atoms with Crippen LogP contribution in [0.15, 0.2) is 30.3 Å². The smallest absolute Gasteiger partial charge is 0.242 e. The lowest BCUT2D eigenvalue weighted by atomic mass is 10.0. The number of nitrogens with one attached hydrogen (secondary N) is 3. The van der Waals surface area contributed by atoms with Crippen molar-refractivity contribution in [3.05, 3.63) is 35.9 Å². The lowest BCUT2D eigenvalue weighted by Crippen LogP contribution is -2.48. The first-order chi connectivity index (χ1) is 12.2. The highest BCUT2D eigenvalue weighted by atomic mass is 16.2. The first kappa shape index (κ1) is 21.1. The molecular weight excluding hydrogens is 316 g/mol. The first-order valence-corrected chi connectivity index (χ1v) is 9.19. The summed E-state index contributed by atoms with van der Waals surface area (Å²) in [4.78, 5) is 24.4. The Hall–Kier alpha value is -1.92. The molecule has 1 rings (SSSR count). The molecule has 2 amide bonds. The molecule has 25 heavy (non-hydrogen) atoms. The number of rotatable bonds is 13. The Balaban J connectivity index is 2.44. The summed E-state index contributed by atoms with van der Waals surface area (Å²) in [5.74, 6) is -0.211. The molecule has 1 aromatic rings. The van der Waals surface area contributed by atoms with Gasteiger partial charge >= 0.3 is 0 Å². The molecule has 0 saturated carbocycles. The molecule has 0 spiro atoms. The summed E-state index contributed by atoms with van der Waals surface area (Å²) in [6, 6.07) is 9.20. The molecular formula is C19H32N4O2. The Bertz CT molecular complexity index is 493. The number of amides is 2. The van der Waals surface area contributed by atoms with Crippen LogP contribution in [0.5, 0.6) is 0 Å². The van der Waals surface area contributed by atoms with E-state index in [4.69, 9.17) is 5.73 Å². The van der Waals surface area contributed by atoms with Crippen LogP contribution in [0.25, 0.3) is 0 Å². The summed E-state index contributed by atoms with van der Waals surface area (Å²) >= 11 is 0. The number of hydrogen-bond acceptors (Lipinski definition) is 4. The van der Waals surface area contributed by atoms with Gasteiger partial charge in [0.15, 0.2) is 0 Å². The van der Waals surface area contributed by atoms with Crippen molar-refractivity contribution in [2.24, 2.45) is 5.73 Å². The molecule has 1 atom stereocenters. The van der Waals surface area contributed by atoms with Crippen molar-refractivity contribution in [2.45, 2.75) is 45.1 Å². The maximum atomic E-state index is 12.5. The van der Waals surface area contributed by atoms with E-state index >= 15 is 0 Å². The van der Waals surface area contributed by atoms with Gasteiger partial charge in [0, 0.05) is 19.4 Å². The van der Waals surface area contributed by atoms with Crippen molar-refractivity contribution in [3.63, 3.8) is 0 Å². The van der Waals surface area contributed by atoms with Crippen LogP contribution < -0.4 is 21.7 Å². The van der Waals surface area contributed by atoms with Gasteiger partial charge in [-0.05, 0) is 44.5 Å². The lowest BCUT2D eigenvalue weighted by Gasteiger charge is -2.18. The average Bonchev–Trinajstić information content (AvgIpc) is 2.61. The molecule has 0 saturated heterocycles. The minimum absolute atomic E-state index is 0.0815. The largest absolute Gasteiger partial charge is 0.354 e. The summed E-state index contributed by atoms with van der Waals surface area (Å²) in [6.07, 6.45) is 3.49.